The maximum atomic E-state index is 12.6. The number of rotatable bonds is 6. The van der Waals surface area contributed by atoms with Crippen LogP contribution in [0.2, 0.25) is 0 Å². The number of hydrogen-bond donors (Lipinski definition) is 3. The van der Waals surface area contributed by atoms with E-state index in [4.69, 9.17) is 4.74 Å². The SMILES string of the molecule is CNC(=O)C1(Cc2ccccc2)CCN(C(=O)OC(C)(C)C)CC1.CNC(=O)C1(Cc2ccccc2)CCNCC1. The van der Waals surface area contributed by atoms with Crippen molar-refractivity contribution in [3.05, 3.63) is 71.8 Å². The highest BCUT2D eigenvalue weighted by Gasteiger charge is 2.42. The summed E-state index contributed by atoms with van der Waals surface area (Å²) in [5.41, 5.74) is 1.21. The number of hydrogen-bond acceptors (Lipinski definition) is 5. The van der Waals surface area contributed by atoms with Crippen LogP contribution in [0.1, 0.15) is 57.6 Å². The fourth-order valence-corrected chi connectivity index (χ4v) is 5.82. The van der Waals surface area contributed by atoms with Crippen molar-refractivity contribution in [3.8, 4) is 0 Å². The van der Waals surface area contributed by atoms with Gasteiger partial charge in [0.1, 0.15) is 5.60 Å². The summed E-state index contributed by atoms with van der Waals surface area (Å²) in [5.74, 6) is 0.234. The first-order valence-electron chi connectivity index (χ1n) is 14.7. The van der Waals surface area contributed by atoms with E-state index in [1.807, 2.05) is 69.3 Å². The van der Waals surface area contributed by atoms with Crippen molar-refractivity contribution in [1.82, 2.24) is 20.9 Å². The number of piperidine rings is 2. The molecule has 8 heteroatoms. The molecule has 0 bridgehead atoms. The molecule has 3 N–H and O–H groups in total. The van der Waals surface area contributed by atoms with E-state index in [0.717, 1.165) is 37.9 Å². The third-order valence-electron chi connectivity index (χ3n) is 8.12. The number of nitrogens with one attached hydrogen (secondary N) is 3. The van der Waals surface area contributed by atoms with Gasteiger partial charge in [-0.1, -0.05) is 60.7 Å². The van der Waals surface area contributed by atoms with E-state index in [2.05, 4.69) is 28.1 Å². The lowest BCUT2D eigenvalue weighted by Gasteiger charge is -2.40. The lowest BCUT2D eigenvalue weighted by atomic mass is 9.73. The van der Waals surface area contributed by atoms with Gasteiger partial charge in [0.2, 0.25) is 11.8 Å². The van der Waals surface area contributed by atoms with Crippen molar-refractivity contribution in [3.63, 3.8) is 0 Å². The highest BCUT2D eigenvalue weighted by Crippen LogP contribution is 2.36. The van der Waals surface area contributed by atoms with Gasteiger partial charge in [-0.2, -0.15) is 0 Å². The fourth-order valence-electron chi connectivity index (χ4n) is 5.82. The van der Waals surface area contributed by atoms with Gasteiger partial charge in [-0.15, -0.1) is 0 Å². The zero-order valence-electron chi connectivity index (χ0n) is 25.4. The molecule has 2 fully saturated rings. The van der Waals surface area contributed by atoms with Gasteiger partial charge in [-0.3, -0.25) is 9.59 Å². The molecule has 2 aliphatic heterocycles. The molecule has 224 valence electrons. The number of amides is 3. The molecule has 8 nitrogen and oxygen atoms in total. The third kappa shape index (κ3) is 9.05. The Hall–Kier alpha value is -3.39. The maximum Gasteiger partial charge on any atom is 0.410 e. The van der Waals surface area contributed by atoms with Crippen LogP contribution in [-0.4, -0.2) is 68.7 Å². The van der Waals surface area contributed by atoms with Crippen LogP contribution in [0, 0.1) is 10.8 Å². The first-order chi connectivity index (χ1) is 19.5. The van der Waals surface area contributed by atoms with Crippen molar-refractivity contribution in [2.24, 2.45) is 10.8 Å². The van der Waals surface area contributed by atoms with Gasteiger partial charge in [-0.05, 0) is 83.5 Å². The van der Waals surface area contributed by atoms with Crippen LogP contribution in [0.25, 0.3) is 0 Å². The van der Waals surface area contributed by atoms with Crippen LogP contribution in [-0.2, 0) is 27.2 Å². The van der Waals surface area contributed by atoms with E-state index >= 15 is 0 Å². The van der Waals surface area contributed by atoms with Crippen LogP contribution in [0.15, 0.2) is 60.7 Å². The summed E-state index contributed by atoms with van der Waals surface area (Å²) in [6.45, 7) is 8.52. The van der Waals surface area contributed by atoms with Gasteiger partial charge in [0, 0.05) is 27.2 Å². The van der Waals surface area contributed by atoms with Crippen molar-refractivity contribution in [2.75, 3.05) is 40.3 Å². The third-order valence-corrected chi connectivity index (χ3v) is 8.12. The Balaban J connectivity index is 0.000000239. The molecule has 0 aromatic heterocycles. The van der Waals surface area contributed by atoms with Crippen molar-refractivity contribution in [2.45, 2.75) is 64.9 Å². The number of ether oxygens (including phenoxy) is 1. The van der Waals surface area contributed by atoms with Gasteiger partial charge in [0.15, 0.2) is 0 Å². The Labute approximate surface area is 245 Å². The lowest BCUT2D eigenvalue weighted by Crippen LogP contribution is -2.51. The van der Waals surface area contributed by atoms with E-state index in [9.17, 15) is 14.4 Å². The zero-order valence-corrected chi connectivity index (χ0v) is 25.4. The monoisotopic (exact) mass is 564 g/mol. The summed E-state index contributed by atoms with van der Waals surface area (Å²) < 4.78 is 5.44. The quantitative estimate of drug-likeness (QED) is 0.485. The first-order valence-corrected chi connectivity index (χ1v) is 14.7. The van der Waals surface area contributed by atoms with Crippen LogP contribution < -0.4 is 16.0 Å². The standard InChI is InChI=1S/C19H28N2O3.C14H20N2O/c1-18(2,3)24-17(23)21-12-10-19(11-13-21,16(22)20-4)14-15-8-6-5-7-9-15;1-15-13(17)14(7-9-16-10-8-14)11-12-5-3-2-4-6-12/h5-9H,10-14H2,1-4H3,(H,20,22);2-6,16H,7-11H2,1H3,(H,15,17). The molecule has 2 saturated heterocycles. The molecular formula is C33H48N4O4. The van der Waals surface area contributed by atoms with Gasteiger partial charge >= 0.3 is 6.09 Å². The summed E-state index contributed by atoms with van der Waals surface area (Å²) in [6.07, 6.45) is 4.35. The van der Waals surface area contributed by atoms with E-state index in [1.54, 1.807) is 19.0 Å². The minimum absolute atomic E-state index is 0.0511. The number of carbonyl (C=O) groups is 3. The number of carbonyl (C=O) groups excluding carboxylic acids is 3. The molecule has 0 spiro atoms. The van der Waals surface area contributed by atoms with Crippen molar-refractivity contribution in [1.29, 1.82) is 0 Å². The van der Waals surface area contributed by atoms with Crippen LogP contribution in [0.3, 0.4) is 0 Å². The van der Waals surface area contributed by atoms with Crippen LogP contribution in [0.5, 0.6) is 0 Å². The number of likely N-dealkylation sites (tertiary alicyclic amines) is 1. The first kappa shape index (κ1) is 32.1. The van der Waals surface area contributed by atoms with Gasteiger partial charge in [-0.25, -0.2) is 4.79 Å². The van der Waals surface area contributed by atoms with Gasteiger partial charge < -0.3 is 25.6 Å². The molecule has 0 saturated carbocycles. The normalized spacial score (nSPS) is 17.8. The molecule has 0 aliphatic carbocycles. The summed E-state index contributed by atoms with van der Waals surface area (Å²) >= 11 is 0. The van der Waals surface area contributed by atoms with E-state index in [1.165, 1.54) is 5.56 Å². The molecule has 2 aromatic rings. The maximum absolute atomic E-state index is 12.6. The predicted molar refractivity (Wildman–Crippen MR) is 162 cm³/mol. The summed E-state index contributed by atoms with van der Waals surface area (Å²) in [7, 11) is 3.41. The molecule has 2 aromatic carbocycles. The molecule has 41 heavy (non-hydrogen) atoms. The Bertz CT molecular complexity index is 1120. The Morgan fingerprint density at radius 3 is 1.56 bits per heavy atom. The average molecular weight is 565 g/mol. The molecular weight excluding hydrogens is 516 g/mol. The van der Waals surface area contributed by atoms with Gasteiger partial charge in [0.05, 0.1) is 10.8 Å². The second-order valence-electron chi connectivity index (χ2n) is 12.3. The molecule has 4 rings (SSSR count). The van der Waals surface area contributed by atoms with Crippen LogP contribution in [0.4, 0.5) is 4.79 Å². The Morgan fingerprint density at radius 2 is 1.17 bits per heavy atom. The highest BCUT2D eigenvalue weighted by molar-refractivity contribution is 5.83. The van der Waals surface area contributed by atoms with E-state index in [0.29, 0.717) is 32.4 Å². The molecule has 0 radical (unpaired) electrons. The van der Waals surface area contributed by atoms with Crippen molar-refractivity contribution >= 4 is 17.9 Å². The van der Waals surface area contributed by atoms with Gasteiger partial charge in [0.25, 0.3) is 0 Å². The second-order valence-corrected chi connectivity index (χ2v) is 12.3. The topological polar surface area (TPSA) is 99.8 Å². The number of nitrogens with zero attached hydrogens (tertiary/aromatic N) is 1. The average Bonchev–Trinajstić information content (AvgIpc) is 2.97. The smallest absolute Gasteiger partial charge is 0.410 e. The molecule has 2 aliphatic rings. The Kier molecular flexibility index (Phi) is 11.4. The number of benzene rings is 2. The second kappa shape index (κ2) is 14.5. The molecule has 0 unspecified atom stereocenters. The fraction of sp³-hybridized carbons (Fsp3) is 0.545. The predicted octanol–water partition coefficient (Wildman–Crippen LogP) is 4.34. The molecule has 2 heterocycles. The zero-order chi connectivity index (χ0) is 29.9. The molecule has 0 atom stereocenters. The summed E-state index contributed by atoms with van der Waals surface area (Å²) in [5, 5.41) is 8.96. The lowest BCUT2D eigenvalue weighted by molar-refractivity contribution is -0.133. The summed E-state index contributed by atoms with van der Waals surface area (Å²) in [4.78, 5) is 38.6. The highest BCUT2D eigenvalue weighted by atomic mass is 16.6. The largest absolute Gasteiger partial charge is 0.444 e. The van der Waals surface area contributed by atoms with Crippen LogP contribution >= 0.6 is 0 Å². The minimum Gasteiger partial charge on any atom is -0.444 e. The Morgan fingerprint density at radius 1 is 0.756 bits per heavy atom. The molecule has 3 amide bonds. The van der Waals surface area contributed by atoms with E-state index < -0.39 is 11.0 Å². The van der Waals surface area contributed by atoms with Crippen molar-refractivity contribution < 1.29 is 19.1 Å². The summed E-state index contributed by atoms with van der Waals surface area (Å²) in [6, 6.07) is 20.3. The minimum atomic E-state index is -0.504. The van der Waals surface area contributed by atoms with E-state index in [-0.39, 0.29) is 23.3 Å².